The highest BCUT2D eigenvalue weighted by atomic mass is 32.2. The van der Waals surface area contributed by atoms with Crippen molar-refractivity contribution in [1.82, 2.24) is 4.72 Å². The summed E-state index contributed by atoms with van der Waals surface area (Å²) in [6.07, 6.45) is 0.474. The van der Waals surface area contributed by atoms with Crippen LogP contribution in [0.25, 0.3) is 0 Å². The maximum Gasteiger partial charge on any atom is 0.215 e. The lowest BCUT2D eigenvalue weighted by Gasteiger charge is -2.16. The van der Waals surface area contributed by atoms with Crippen LogP contribution < -0.4 is 4.72 Å². The van der Waals surface area contributed by atoms with E-state index in [2.05, 4.69) is 4.72 Å². The molecule has 0 aromatic heterocycles. The minimum atomic E-state index is -3.59. The highest BCUT2D eigenvalue weighted by Crippen LogP contribution is 2.18. The summed E-state index contributed by atoms with van der Waals surface area (Å²) in [4.78, 5) is 0. The molecule has 0 spiro atoms. The highest BCUT2D eigenvalue weighted by molar-refractivity contribution is 7.95. The van der Waals surface area contributed by atoms with E-state index < -0.39 is 25.1 Å². The van der Waals surface area contributed by atoms with Crippen LogP contribution in [0.4, 0.5) is 0 Å². The summed E-state index contributed by atoms with van der Waals surface area (Å²) in [5.74, 6) is -0.360. The number of aliphatic hydroxyl groups excluding tert-OH is 1. The molecule has 1 heterocycles. The van der Waals surface area contributed by atoms with Crippen LogP contribution in [0.15, 0.2) is 0 Å². The first kappa shape index (κ1) is 13.9. The third-order valence-electron chi connectivity index (χ3n) is 2.56. The predicted octanol–water partition coefficient (Wildman–Crippen LogP) is -1.14. The minimum Gasteiger partial charge on any atom is -0.396 e. The van der Waals surface area contributed by atoms with E-state index in [1.54, 1.807) is 6.92 Å². The van der Waals surface area contributed by atoms with Gasteiger partial charge >= 0.3 is 0 Å². The van der Waals surface area contributed by atoms with Crippen molar-refractivity contribution in [2.45, 2.75) is 31.1 Å². The second-order valence-corrected chi connectivity index (χ2v) is 8.32. The molecule has 1 saturated heterocycles. The number of rotatable bonds is 5. The Morgan fingerprint density at radius 3 is 2.56 bits per heavy atom. The van der Waals surface area contributed by atoms with E-state index in [4.69, 9.17) is 5.11 Å². The zero-order valence-electron chi connectivity index (χ0n) is 9.09. The van der Waals surface area contributed by atoms with Gasteiger partial charge in [-0.15, -0.1) is 0 Å². The van der Waals surface area contributed by atoms with E-state index >= 15 is 0 Å². The maximum atomic E-state index is 11.7. The summed E-state index contributed by atoms with van der Waals surface area (Å²) in [5.41, 5.74) is 0. The topological polar surface area (TPSA) is 101 Å². The van der Waals surface area contributed by atoms with Crippen LogP contribution in [0.5, 0.6) is 0 Å². The number of aliphatic hydroxyl groups is 1. The Hall–Kier alpha value is -0.180. The molecule has 6 nitrogen and oxygen atoms in total. The molecule has 1 fully saturated rings. The van der Waals surface area contributed by atoms with Crippen molar-refractivity contribution >= 4 is 19.9 Å². The summed E-state index contributed by atoms with van der Waals surface area (Å²) < 4.78 is 48.2. The third kappa shape index (κ3) is 3.69. The summed E-state index contributed by atoms with van der Waals surface area (Å²) in [6, 6.07) is -0.377. The molecule has 16 heavy (non-hydrogen) atoms. The Morgan fingerprint density at radius 2 is 2.12 bits per heavy atom. The largest absolute Gasteiger partial charge is 0.396 e. The van der Waals surface area contributed by atoms with Gasteiger partial charge in [0.2, 0.25) is 10.0 Å². The third-order valence-corrected chi connectivity index (χ3v) is 6.55. The van der Waals surface area contributed by atoms with E-state index in [0.29, 0.717) is 6.42 Å². The molecule has 0 amide bonds. The van der Waals surface area contributed by atoms with Crippen molar-refractivity contribution in [3.05, 3.63) is 0 Å². The SMILES string of the molecule is CC(CCO)NS(=O)(=O)C1CCS(=O)(=O)C1. The number of nitrogens with one attached hydrogen (secondary N) is 1. The monoisotopic (exact) mass is 271 g/mol. The number of sulfone groups is 1. The van der Waals surface area contributed by atoms with Crippen molar-refractivity contribution < 1.29 is 21.9 Å². The van der Waals surface area contributed by atoms with E-state index in [-0.39, 0.29) is 30.6 Å². The summed E-state index contributed by atoms with van der Waals surface area (Å²) >= 11 is 0. The van der Waals surface area contributed by atoms with Crippen LogP contribution in [-0.4, -0.2) is 51.3 Å². The zero-order chi connectivity index (χ0) is 12.4. The first-order chi connectivity index (χ1) is 7.27. The Kier molecular flexibility index (Phi) is 4.33. The van der Waals surface area contributed by atoms with Gasteiger partial charge in [0.05, 0.1) is 16.8 Å². The Balaban J connectivity index is 2.66. The Morgan fingerprint density at radius 1 is 1.50 bits per heavy atom. The lowest BCUT2D eigenvalue weighted by atomic mass is 10.3. The molecule has 8 heteroatoms. The van der Waals surface area contributed by atoms with Crippen LogP contribution in [-0.2, 0) is 19.9 Å². The van der Waals surface area contributed by atoms with E-state index in [1.165, 1.54) is 0 Å². The molecular formula is C8H17NO5S2. The first-order valence-corrected chi connectivity index (χ1v) is 8.46. The maximum absolute atomic E-state index is 11.7. The van der Waals surface area contributed by atoms with Gasteiger partial charge in [-0.2, -0.15) is 0 Å². The van der Waals surface area contributed by atoms with Gasteiger partial charge in [-0.1, -0.05) is 0 Å². The molecule has 1 aliphatic heterocycles. The van der Waals surface area contributed by atoms with Gasteiger partial charge < -0.3 is 5.11 Å². The van der Waals surface area contributed by atoms with E-state index in [1.807, 2.05) is 0 Å². The minimum absolute atomic E-state index is 0.0625. The van der Waals surface area contributed by atoms with E-state index in [9.17, 15) is 16.8 Å². The van der Waals surface area contributed by atoms with Gasteiger partial charge in [-0.05, 0) is 19.8 Å². The second kappa shape index (κ2) is 4.99. The first-order valence-electron chi connectivity index (χ1n) is 5.09. The van der Waals surface area contributed by atoms with E-state index in [0.717, 1.165) is 0 Å². The number of hydrogen-bond acceptors (Lipinski definition) is 5. The van der Waals surface area contributed by atoms with Crippen molar-refractivity contribution in [3.63, 3.8) is 0 Å². The van der Waals surface area contributed by atoms with Gasteiger partial charge in [-0.3, -0.25) is 0 Å². The molecule has 96 valence electrons. The molecule has 0 saturated carbocycles. The molecule has 0 radical (unpaired) electrons. The van der Waals surface area contributed by atoms with Crippen molar-refractivity contribution in [2.24, 2.45) is 0 Å². The molecule has 0 bridgehead atoms. The summed E-state index contributed by atoms with van der Waals surface area (Å²) in [6.45, 7) is 1.53. The zero-order valence-corrected chi connectivity index (χ0v) is 10.7. The molecule has 2 atom stereocenters. The summed E-state index contributed by atoms with van der Waals surface area (Å²) in [5, 5.41) is 7.80. The predicted molar refractivity (Wildman–Crippen MR) is 60.3 cm³/mol. The number of hydrogen-bond donors (Lipinski definition) is 2. The van der Waals surface area contributed by atoms with Crippen LogP contribution in [0.1, 0.15) is 19.8 Å². The van der Waals surface area contributed by atoms with Gasteiger partial charge in [0.15, 0.2) is 9.84 Å². The smallest absolute Gasteiger partial charge is 0.215 e. The number of sulfonamides is 1. The second-order valence-electron chi connectivity index (χ2n) is 4.10. The average molecular weight is 271 g/mol. The molecule has 0 aliphatic carbocycles. The fraction of sp³-hybridized carbons (Fsp3) is 1.00. The van der Waals surface area contributed by atoms with Crippen LogP contribution in [0, 0.1) is 0 Å². The molecular weight excluding hydrogens is 254 g/mol. The Labute approximate surface area is 96.0 Å². The van der Waals surface area contributed by atoms with Crippen LogP contribution in [0.3, 0.4) is 0 Å². The molecule has 2 unspecified atom stereocenters. The van der Waals surface area contributed by atoms with Gasteiger partial charge in [0.25, 0.3) is 0 Å². The lowest BCUT2D eigenvalue weighted by Crippen LogP contribution is -2.40. The van der Waals surface area contributed by atoms with Gasteiger partial charge in [0.1, 0.15) is 0 Å². The standard InChI is InChI=1S/C8H17NO5S2/c1-7(2-4-10)9-16(13,14)8-3-5-15(11,12)6-8/h7-10H,2-6H2,1H3. The van der Waals surface area contributed by atoms with Crippen molar-refractivity contribution in [1.29, 1.82) is 0 Å². The quantitative estimate of drug-likeness (QED) is 0.658. The Bertz CT molecular complexity index is 427. The fourth-order valence-electron chi connectivity index (χ4n) is 1.63. The lowest BCUT2D eigenvalue weighted by molar-refractivity contribution is 0.275. The molecule has 0 aromatic carbocycles. The summed E-state index contributed by atoms with van der Waals surface area (Å²) in [7, 11) is -6.79. The molecule has 1 rings (SSSR count). The average Bonchev–Trinajstić information content (AvgIpc) is 2.46. The van der Waals surface area contributed by atoms with Crippen LogP contribution >= 0.6 is 0 Å². The molecule has 0 aromatic rings. The highest BCUT2D eigenvalue weighted by Gasteiger charge is 2.37. The normalized spacial score (nSPS) is 26.8. The van der Waals surface area contributed by atoms with Gasteiger partial charge in [0, 0.05) is 12.6 Å². The van der Waals surface area contributed by atoms with Crippen LogP contribution in [0.2, 0.25) is 0 Å². The molecule has 2 N–H and O–H groups in total. The fourth-order valence-corrected chi connectivity index (χ4v) is 5.97. The van der Waals surface area contributed by atoms with Crippen molar-refractivity contribution in [2.75, 3.05) is 18.1 Å². The van der Waals surface area contributed by atoms with Crippen molar-refractivity contribution in [3.8, 4) is 0 Å². The molecule has 1 aliphatic rings. The van der Waals surface area contributed by atoms with Gasteiger partial charge in [-0.25, -0.2) is 21.6 Å².